The molecule has 31 heavy (non-hydrogen) atoms. The van der Waals surface area contributed by atoms with E-state index in [0.29, 0.717) is 43.7 Å². The first-order chi connectivity index (χ1) is 14.9. The van der Waals surface area contributed by atoms with Crippen LogP contribution in [0, 0.1) is 5.92 Å². The molecule has 7 heteroatoms. The van der Waals surface area contributed by atoms with E-state index in [9.17, 15) is 9.59 Å². The third-order valence-corrected chi connectivity index (χ3v) is 6.11. The van der Waals surface area contributed by atoms with E-state index in [0.717, 1.165) is 11.1 Å². The molecule has 0 unspecified atom stereocenters. The summed E-state index contributed by atoms with van der Waals surface area (Å²) in [5.41, 5.74) is 1.37. The minimum atomic E-state index is -0.670. The fourth-order valence-corrected chi connectivity index (χ4v) is 4.16. The molecule has 0 heterocycles. The fourth-order valence-electron chi connectivity index (χ4n) is 4.03. The van der Waals surface area contributed by atoms with Crippen LogP contribution in [0.3, 0.4) is 0 Å². The number of alkyl carbamates (subject to hydrolysis) is 1. The summed E-state index contributed by atoms with van der Waals surface area (Å²) in [5.74, 6) is -0.185. The third-order valence-electron chi connectivity index (χ3n) is 5.86. The average molecular weight is 445 g/mol. The zero-order chi connectivity index (χ0) is 22.3. The molecule has 0 atom stereocenters. The van der Waals surface area contributed by atoms with Gasteiger partial charge in [0.05, 0.1) is 7.11 Å². The number of benzene rings is 2. The SMILES string of the molecule is CON(C)C(=O)[C@H]1CC[C@@](Cc2ccc(Cl)cc2)(OC(=O)NCc2ccccc2)CC1. The van der Waals surface area contributed by atoms with Crippen molar-refractivity contribution >= 4 is 23.6 Å². The first-order valence-electron chi connectivity index (χ1n) is 10.5. The van der Waals surface area contributed by atoms with Crippen molar-refractivity contribution in [1.82, 2.24) is 10.4 Å². The van der Waals surface area contributed by atoms with Crippen LogP contribution in [-0.4, -0.2) is 36.8 Å². The van der Waals surface area contributed by atoms with Gasteiger partial charge >= 0.3 is 6.09 Å². The monoisotopic (exact) mass is 444 g/mol. The number of amides is 2. The van der Waals surface area contributed by atoms with Crippen molar-refractivity contribution in [3.63, 3.8) is 0 Å². The summed E-state index contributed by atoms with van der Waals surface area (Å²) in [5, 5.41) is 4.78. The van der Waals surface area contributed by atoms with Crippen LogP contribution in [0.1, 0.15) is 36.8 Å². The highest BCUT2D eigenvalue weighted by Crippen LogP contribution is 2.38. The van der Waals surface area contributed by atoms with E-state index in [2.05, 4.69) is 5.32 Å². The smallest absolute Gasteiger partial charge is 0.407 e. The molecule has 0 aromatic heterocycles. The number of nitrogens with zero attached hydrogens (tertiary/aromatic N) is 1. The number of nitrogens with one attached hydrogen (secondary N) is 1. The van der Waals surface area contributed by atoms with Crippen molar-refractivity contribution in [3.05, 3.63) is 70.7 Å². The number of hydrogen-bond donors (Lipinski definition) is 1. The molecule has 1 saturated carbocycles. The summed E-state index contributed by atoms with van der Waals surface area (Å²) in [6.45, 7) is 0.399. The fraction of sp³-hybridized carbons (Fsp3) is 0.417. The lowest BCUT2D eigenvalue weighted by molar-refractivity contribution is -0.176. The molecule has 2 aromatic rings. The Hall–Kier alpha value is -2.57. The maximum Gasteiger partial charge on any atom is 0.407 e. The largest absolute Gasteiger partial charge is 0.443 e. The number of carbonyl (C=O) groups is 2. The molecule has 0 radical (unpaired) electrons. The second-order valence-electron chi connectivity index (χ2n) is 8.01. The Morgan fingerprint density at radius 1 is 1.06 bits per heavy atom. The number of carbonyl (C=O) groups excluding carboxylic acids is 2. The molecule has 1 fully saturated rings. The maximum atomic E-state index is 12.7. The van der Waals surface area contributed by atoms with E-state index in [1.807, 2.05) is 54.6 Å². The van der Waals surface area contributed by atoms with Crippen LogP contribution in [-0.2, 0) is 27.3 Å². The van der Waals surface area contributed by atoms with Gasteiger partial charge in [-0.2, -0.15) is 0 Å². The average Bonchev–Trinajstić information content (AvgIpc) is 2.79. The summed E-state index contributed by atoms with van der Waals surface area (Å²) in [6, 6.07) is 17.3. The predicted molar refractivity (Wildman–Crippen MR) is 119 cm³/mol. The molecule has 1 aliphatic rings. The number of hydroxylamine groups is 2. The van der Waals surface area contributed by atoms with Gasteiger partial charge in [-0.05, 0) is 48.9 Å². The molecule has 0 spiro atoms. The lowest BCUT2D eigenvalue weighted by atomic mass is 9.75. The quantitative estimate of drug-likeness (QED) is 0.625. The van der Waals surface area contributed by atoms with E-state index < -0.39 is 11.7 Å². The summed E-state index contributed by atoms with van der Waals surface area (Å²) in [4.78, 5) is 30.2. The minimum Gasteiger partial charge on any atom is -0.443 e. The second kappa shape index (κ2) is 10.6. The molecule has 2 aromatic carbocycles. The Kier molecular flexibility index (Phi) is 7.93. The number of ether oxygens (including phenoxy) is 1. The Morgan fingerprint density at radius 2 is 1.71 bits per heavy atom. The lowest BCUT2D eigenvalue weighted by Crippen LogP contribution is -2.46. The molecule has 3 rings (SSSR count). The Bertz CT molecular complexity index is 865. The Morgan fingerprint density at radius 3 is 2.32 bits per heavy atom. The highest BCUT2D eigenvalue weighted by molar-refractivity contribution is 6.30. The van der Waals surface area contributed by atoms with Gasteiger partial charge in [-0.25, -0.2) is 9.86 Å². The van der Waals surface area contributed by atoms with Gasteiger partial charge in [-0.1, -0.05) is 54.1 Å². The summed E-state index contributed by atoms with van der Waals surface area (Å²) in [6.07, 6.45) is 2.59. The van der Waals surface area contributed by atoms with Gasteiger partial charge in [0.25, 0.3) is 0 Å². The maximum absolute atomic E-state index is 12.7. The van der Waals surface area contributed by atoms with Gasteiger partial charge in [0.15, 0.2) is 0 Å². The van der Waals surface area contributed by atoms with E-state index in [-0.39, 0.29) is 11.8 Å². The van der Waals surface area contributed by atoms with Crippen molar-refractivity contribution < 1.29 is 19.2 Å². The van der Waals surface area contributed by atoms with Gasteiger partial charge < -0.3 is 10.1 Å². The molecule has 2 amide bonds. The molecular formula is C24H29ClN2O4. The highest BCUT2D eigenvalue weighted by Gasteiger charge is 2.41. The topological polar surface area (TPSA) is 67.9 Å². The van der Waals surface area contributed by atoms with Crippen LogP contribution in [0.25, 0.3) is 0 Å². The number of hydrogen-bond acceptors (Lipinski definition) is 4. The van der Waals surface area contributed by atoms with Crippen LogP contribution in [0.4, 0.5) is 4.79 Å². The highest BCUT2D eigenvalue weighted by atomic mass is 35.5. The van der Waals surface area contributed by atoms with E-state index in [4.69, 9.17) is 21.2 Å². The van der Waals surface area contributed by atoms with E-state index >= 15 is 0 Å². The standard InChI is InChI=1S/C24H29ClN2O4/c1-27(30-2)22(28)20-12-14-24(15-13-20,16-18-8-10-21(25)11-9-18)31-23(29)26-17-19-6-4-3-5-7-19/h3-11,20H,12-17H2,1-2H3,(H,26,29)/t20-,24+. The molecule has 1 N–H and O–H groups in total. The van der Waals surface area contributed by atoms with Crippen LogP contribution in [0.2, 0.25) is 5.02 Å². The van der Waals surface area contributed by atoms with E-state index in [1.165, 1.54) is 12.2 Å². The van der Waals surface area contributed by atoms with Gasteiger partial charge in [0, 0.05) is 31.0 Å². The van der Waals surface area contributed by atoms with E-state index in [1.54, 1.807) is 7.05 Å². The number of rotatable bonds is 7. The lowest BCUT2D eigenvalue weighted by Gasteiger charge is -2.39. The van der Waals surface area contributed by atoms with Crippen molar-refractivity contribution in [2.45, 2.75) is 44.2 Å². The second-order valence-corrected chi connectivity index (χ2v) is 8.44. The van der Waals surface area contributed by atoms with Crippen molar-refractivity contribution in [2.24, 2.45) is 5.92 Å². The number of halogens is 1. The van der Waals surface area contributed by atoms with Crippen LogP contribution < -0.4 is 5.32 Å². The zero-order valence-electron chi connectivity index (χ0n) is 18.0. The van der Waals surface area contributed by atoms with Gasteiger partial charge in [0.2, 0.25) is 5.91 Å². The molecule has 166 valence electrons. The normalized spacial score (nSPS) is 20.7. The molecule has 0 bridgehead atoms. The summed E-state index contributed by atoms with van der Waals surface area (Å²) < 4.78 is 6.01. The predicted octanol–water partition coefficient (Wildman–Crippen LogP) is 4.76. The van der Waals surface area contributed by atoms with Gasteiger partial charge in [0.1, 0.15) is 5.60 Å². The molecule has 1 aliphatic carbocycles. The molecule has 6 nitrogen and oxygen atoms in total. The van der Waals surface area contributed by atoms with Gasteiger partial charge in [-0.15, -0.1) is 0 Å². The molecule has 0 saturated heterocycles. The Labute approximate surface area is 188 Å². The summed E-state index contributed by atoms with van der Waals surface area (Å²) >= 11 is 6.02. The molecular weight excluding hydrogens is 416 g/mol. The zero-order valence-corrected chi connectivity index (χ0v) is 18.7. The third kappa shape index (κ3) is 6.45. The first kappa shape index (κ1) is 23.1. The van der Waals surface area contributed by atoms with Crippen molar-refractivity contribution in [3.8, 4) is 0 Å². The minimum absolute atomic E-state index is 0.0453. The first-order valence-corrected chi connectivity index (χ1v) is 10.9. The molecule has 0 aliphatic heterocycles. The van der Waals surface area contributed by atoms with Crippen molar-refractivity contribution in [2.75, 3.05) is 14.2 Å². The van der Waals surface area contributed by atoms with Gasteiger partial charge in [-0.3, -0.25) is 9.63 Å². The van der Waals surface area contributed by atoms with Crippen molar-refractivity contribution in [1.29, 1.82) is 0 Å². The Balaban J connectivity index is 1.68. The summed E-state index contributed by atoms with van der Waals surface area (Å²) in [7, 11) is 3.09. The van der Waals surface area contributed by atoms with Crippen LogP contribution >= 0.6 is 11.6 Å². The van der Waals surface area contributed by atoms with Crippen LogP contribution in [0.5, 0.6) is 0 Å². The van der Waals surface area contributed by atoms with Crippen LogP contribution in [0.15, 0.2) is 54.6 Å².